The number of aromatic nitrogens is 1. The van der Waals surface area contributed by atoms with Crippen LogP contribution in [0.3, 0.4) is 0 Å². The zero-order valence-corrected chi connectivity index (χ0v) is 17.9. The van der Waals surface area contributed by atoms with Gasteiger partial charge in [-0.05, 0) is 55.1 Å². The van der Waals surface area contributed by atoms with E-state index in [1.165, 1.54) is 11.3 Å². The molecular weight excluding hydrogens is 396 g/mol. The Hall–Kier alpha value is -3.19. The Morgan fingerprint density at radius 1 is 0.967 bits per heavy atom. The van der Waals surface area contributed by atoms with E-state index < -0.39 is 0 Å². The molecule has 1 fully saturated rings. The number of rotatable bonds is 4. The smallest absolute Gasteiger partial charge is 0.264 e. The number of carbonyl (C=O) groups is 2. The van der Waals surface area contributed by atoms with Crippen molar-refractivity contribution in [3.8, 4) is 0 Å². The summed E-state index contributed by atoms with van der Waals surface area (Å²) < 4.78 is 0. The number of aryl methyl sites for hydroxylation is 2. The van der Waals surface area contributed by atoms with Crippen LogP contribution < -0.4 is 10.2 Å². The maximum atomic E-state index is 12.7. The Morgan fingerprint density at radius 3 is 2.30 bits per heavy atom. The van der Waals surface area contributed by atoms with Gasteiger partial charge in [0.05, 0.1) is 16.8 Å². The molecule has 6 nitrogen and oxygen atoms in total. The first-order chi connectivity index (χ1) is 14.5. The number of nitrogens with zero attached hydrogens (tertiary/aromatic N) is 3. The molecule has 1 N–H and O–H groups in total. The lowest BCUT2D eigenvalue weighted by Crippen LogP contribution is -2.49. The molecule has 7 heteroatoms. The van der Waals surface area contributed by atoms with Gasteiger partial charge in [0.25, 0.3) is 11.8 Å². The molecule has 0 bridgehead atoms. The number of hydrogen-bond donors (Lipinski definition) is 1. The van der Waals surface area contributed by atoms with Gasteiger partial charge in [0.15, 0.2) is 0 Å². The highest BCUT2D eigenvalue weighted by Crippen LogP contribution is 2.21. The van der Waals surface area contributed by atoms with Gasteiger partial charge in [0, 0.05) is 31.7 Å². The maximum absolute atomic E-state index is 12.7. The molecule has 2 aromatic heterocycles. The molecule has 1 aromatic carbocycles. The van der Waals surface area contributed by atoms with Gasteiger partial charge in [-0.3, -0.25) is 9.59 Å². The number of thiophene rings is 1. The van der Waals surface area contributed by atoms with Gasteiger partial charge in [0.1, 0.15) is 5.82 Å². The summed E-state index contributed by atoms with van der Waals surface area (Å²) in [6, 6.07) is 13.2. The van der Waals surface area contributed by atoms with Crippen molar-refractivity contribution in [1.82, 2.24) is 9.88 Å². The summed E-state index contributed by atoms with van der Waals surface area (Å²) in [4.78, 5) is 34.4. The van der Waals surface area contributed by atoms with Crippen LogP contribution in [0.2, 0.25) is 0 Å². The first-order valence-electron chi connectivity index (χ1n) is 9.93. The molecule has 0 spiro atoms. The summed E-state index contributed by atoms with van der Waals surface area (Å²) in [5.41, 5.74) is 3.43. The van der Waals surface area contributed by atoms with Crippen molar-refractivity contribution in [3.05, 3.63) is 75.6 Å². The average molecular weight is 421 g/mol. The number of anilines is 2. The van der Waals surface area contributed by atoms with Crippen molar-refractivity contribution in [2.24, 2.45) is 0 Å². The molecule has 0 atom stereocenters. The third-order valence-electron chi connectivity index (χ3n) is 5.27. The van der Waals surface area contributed by atoms with Crippen LogP contribution in [-0.2, 0) is 0 Å². The second-order valence-corrected chi connectivity index (χ2v) is 8.35. The fourth-order valence-electron chi connectivity index (χ4n) is 3.43. The van der Waals surface area contributed by atoms with Crippen molar-refractivity contribution < 1.29 is 9.59 Å². The Morgan fingerprint density at radius 2 is 1.70 bits per heavy atom. The molecule has 3 aromatic rings. The summed E-state index contributed by atoms with van der Waals surface area (Å²) in [7, 11) is 0. The van der Waals surface area contributed by atoms with Gasteiger partial charge in [-0.1, -0.05) is 17.7 Å². The van der Waals surface area contributed by atoms with Crippen molar-refractivity contribution >= 4 is 34.7 Å². The molecule has 3 heterocycles. The van der Waals surface area contributed by atoms with E-state index in [2.05, 4.69) is 15.2 Å². The van der Waals surface area contributed by atoms with Crippen molar-refractivity contribution in [2.75, 3.05) is 36.4 Å². The Kier molecular flexibility index (Phi) is 5.81. The number of benzene rings is 1. The normalized spacial score (nSPS) is 13.9. The van der Waals surface area contributed by atoms with Crippen LogP contribution in [-0.4, -0.2) is 47.9 Å². The van der Waals surface area contributed by atoms with Gasteiger partial charge in [0.2, 0.25) is 0 Å². The molecule has 154 valence electrons. The Balaban J connectivity index is 1.33. The summed E-state index contributed by atoms with van der Waals surface area (Å²) in [6.45, 7) is 6.77. The Labute approximate surface area is 180 Å². The lowest BCUT2D eigenvalue weighted by Gasteiger charge is -2.35. The van der Waals surface area contributed by atoms with Gasteiger partial charge in [-0.25, -0.2) is 4.98 Å². The Bertz CT molecular complexity index is 1040. The van der Waals surface area contributed by atoms with Crippen molar-refractivity contribution in [2.45, 2.75) is 13.8 Å². The first kappa shape index (κ1) is 20.1. The summed E-state index contributed by atoms with van der Waals surface area (Å²) >= 11 is 1.50. The van der Waals surface area contributed by atoms with Crippen LogP contribution in [0.1, 0.15) is 31.2 Å². The number of hydrogen-bond acceptors (Lipinski definition) is 5. The molecule has 2 amide bonds. The highest BCUT2D eigenvalue weighted by Gasteiger charge is 2.24. The topological polar surface area (TPSA) is 65.5 Å². The number of carbonyl (C=O) groups excluding carboxylic acids is 2. The molecule has 0 aliphatic carbocycles. The van der Waals surface area contributed by atoms with Crippen LogP contribution >= 0.6 is 11.3 Å². The minimum atomic E-state index is -0.152. The summed E-state index contributed by atoms with van der Waals surface area (Å²) in [6.07, 6.45) is 1.67. The largest absolute Gasteiger partial charge is 0.353 e. The molecule has 1 aliphatic heterocycles. The van der Waals surface area contributed by atoms with Crippen LogP contribution in [0.5, 0.6) is 0 Å². The first-order valence-corrected chi connectivity index (χ1v) is 10.8. The van der Waals surface area contributed by atoms with E-state index in [-0.39, 0.29) is 11.8 Å². The molecule has 4 rings (SSSR count). The third-order valence-corrected chi connectivity index (χ3v) is 6.27. The fraction of sp³-hybridized carbons (Fsp3) is 0.261. The number of pyridine rings is 1. The van der Waals surface area contributed by atoms with Gasteiger partial charge >= 0.3 is 0 Å². The van der Waals surface area contributed by atoms with Crippen LogP contribution in [0, 0.1) is 13.8 Å². The van der Waals surface area contributed by atoms with Crippen molar-refractivity contribution in [1.29, 1.82) is 0 Å². The minimum Gasteiger partial charge on any atom is -0.353 e. The summed E-state index contributed by atoms with van der Waals surface area (Å²) in [5.74, 6) is 0.813. The maximum Gasteiger partial charge on any atom is 0.264 e. The highest BCUT2D eigenvalue weighted by atomic mass is 32.1. The minimum absolute atomic E-state index is 0.115. The average Bonchev–Trinajstić information content (AvgIpc) is 3.20. The van der Waals surface area contributed by atoms with E-state index in [4.69, 9.17) is 0 Å². The van der Waals surface area contributed by atoms with Gasteiger partial charge in [-0.15, -0.1) is 11.3 Å². The lowest BCUT2D eigenvalue weighted by atomic mass is 10.1. The molecule has 1 aliphatic rings. The second-order valence-electron chi connectivity index (χ2n) is 7.44. The van der Waals surface area contributed by atoms with Crippen LogP contribution in [0.25, 0.3) is 0 Å². The molecule has 1 saturated heterocycles. The molecule has 0 saturated carbocycles. The molecular formula is C23H24N4O2S. The zero-order valence-electron chi connectivity index (χ0n) is 17.1. The van der Waals surface area contributed by atoms with Crippen LogP contribution in [0.15, 0.2) is 54.0 Å². The predicted molar refractivity (Wildman–Crippen MR) is 121 cm³/mol. The van der Waals surface area contributed by atoms with Crippen molar-refractivity contribution in [3.63, 3.8) is 0 Å². The number of piperazine rings is 1. The standard InChI is InChI=1S/C23H24N4O2S/c1-16-3-5-18(6-4-16)22(28)25-19-7-8-20(24-15-19)26-10-12-27(13-11-26)23(29)21-17(2)9-14-30-21/h3-9,14-15H,10-13H2,1-2H3,(H,25,28). The highest BCUT2D eigenvalue weighted by molar-refractivity contribution is 7.12. The van der Waals surface area contributed by atoms with E-state index in [0.29, 0.717) is 24.3 Å². The summed E-state index contributed by atoms with van der Waals surface area (Å²) in [5, 5.41) is 4.84. The third kappa shape index (κ3) is 4.36. The fourth-order valence-corrected chi connectivity index (χ4v) is 4.32. The quantitative estimate of drug-likeness (QED) is 0.694. The van der Waals surface area contributed by atoms with Crippen LogP contribution in [0.4, 0.5) is 11.5 Å². The van der Waals surface area contributed by atoms with Gasteiger partial charge < -0.3 is 15.1 Å². The predicted octanol–water partition coefficient (Wildman–Crippen LogP) is 3.97. The molecule has 0 unspecified atom stereocenters. The van der Waals surface area contributed by atoms with E-state index in [1.807, 2.05) is 66.6 Å². The lowest BCUT2D eigenvalue weighted by molar-refractivity contribution is 0.0750. The van der Waals surface area contributed by atoms with E-state index in [9.17, 15) is 9.59 Å². The second kappa shape index (κ2) is 8.67. The van der Waals surface area contributed by atoms with Gasteiger partial charge in [-0.2, -0.15) is 0 Å². The molecule has 0 radical (unpaired) electrons. The van der Waals surface area contributed by atoms with E-state index in [0.717, 1.165) is 34.9 Å². The SMILES string of the molecule is Cc1ccc(C(=O)Nc2ccc(N3CCN(C(=O)c4sccc4C)CC3)nc2)cc1. The number of nitrogens with one attached hydrogen (secondary N) is 1. The van der Waals surface area contributed by atoms with E-state index >= 15 is 0 Å². The number of amides is 2. The molecule has 30 heavy (non-hydrogen) atoms. The zero-order chi connectivity index (χ0) is 21.1. The monoisotopic (exact) mass is 420 g/mol. The van der Waals surface area contributed by atoms with E-state index in [1.54, 1.807) is 6.20 Å².